The summed E-state index contributed by atoms with van der Waals surface area (Å²) in [5, 5.41) is 6.91. The van der Waals surface area contributed by atoms with E-state index in [1.165, 1.54) is 0 Å². The van der Waals surface area contributed by atoms with Crippen LogP contribution >= 0.6 is 0 Å². The third-order valence-electron chi connectivity index (χ3n) is 3.26. The summed E-state index contributed by atoms with van der Waals surface area (Å²) in [6.07, 6.45) is 1.26. The van der Waals surface area contributed by atoms with Crippen molar-refractivity contribution in [3.05, 3.63) is 35.9 Å². The lowest BCUT2D eigenvalue weighted by atomic mass is 9.95. The number of hydrogen-bond donors (Lipinski definition) is 1. The molecule has 0 radical (unpaired) electrons. The van der Waals surface area contributed by atoms with Gasteiger partial charge in [-0.05, 0) is 18.9 Å². The molecule has 1 heterocycles. The minimum Gasteiger partial charge on any atom is -0.385 e. The number of carbonyl (C=O) groups is 1. The van der Waals surface area contributed by atoms with E-state index in [0.29, 0.717) is 19.6 Å². The van der Waals surface area contributed by atoms with Crippen LogP contribution < -0.4 is 5.32 Å². The topological polar surface area (TPSA) is 59.9 Å². The molecular formula is C15H20N2O3. The minimum atomic E-state index is -0.918. The predicted molar refractivity (Wildman–Crippen MR) is 76.6 cm³/mol. The molecule has 5 heteroatoms. The summed E-state index contributed by atoms with van der Waals surface area (Å²) in [5.41, 5.74) is 0.877. The van der Waals surface area contributed by atoms with E-state index in [4.69, 9.17) is 9.57 Å². The first-order valence-corrected chi connectivity index (χ1v) is 6.73. The first kappa shape index (κ1) is 14.5. The maximum atomic E-state index is 12.2. The molecule has 0 unspecified atom stereocenters. The molecule has 2 rings (SSSR count). The van der Waals surface area contributed by atoms with Crippen molar-refractivity contribution in [1.82, 2.24) is 5.32 Å². The Bertz CT molecular complexity index is 487. The van der Waals surface area contributed by atoms with E-state index in [-0.39, 0.29) is 5.91 Å². The SMILES string of the molecule is COCCCNC(=O)[C@]1(C)CC(c2ccccc2)=NO1. The lowest BCUT2D eigenvalue weighted by Gasteiger charge is -2.20. The summed E-state index contributed by atoms with van der Waals surface area (Å²) in [5.74, 6) is -0.136. The first-order chi connectivity index (χ1) is 9.65. The summed E-state index contributed by atoms with van der Waals surface area (Å²) in [6.45, 7) is 2.97. The Balaban J connectivity index is 1.90. The van der Waals surface area contributed by atoms with Crippen molar-refractivity contribution in [3.8, 4) is 0 Å². The Morgan fingerprint density at radius 2 is 2.20 bits per heavy atom. The summed E-state index contributed by atoms with van der Waals surface area (Å²) < 4.78 is 4.94. The largest absolute Gasteiger partial charge is 0.385 e. The Morgan fingerprint density at radius 1 is 1.45 bits per heavy atom. The molecule has 0 bridgehead atoms. The normalized spacial score (nSPS) is 21.2. The molecule has 1 aromatic rings. The number of amides is 1. The smallest absolute Gasteiger partial charge is 0.267 e. The van der Waals surface area contributed by atoms with Gasteiger partial charge in [-0.15, -0.1) is 0 Å². The van der Waals surface area contributed by atoms with Crippen LogP contribution in [-0.4, -0.2) is 37.5 Å². The van der Waals surface area contributed by atoms with Gasteiger partial charge < -0.3 is 14.9 Å². The summed E-state index contributed by atoms with van der Waals surface area (Å²) >= 11 is 0. The van der Waals surface area contributed by atoms with Gasteiger partial charge in [-0.25, -0.2) is 0 Å². The average molecular weight is 276 g/mol. The molecule has 20 heavy (non-hydrogen) atoms. The molecule has 1 N–H and O–H groups in total. The molecule has 0 saturated carbocycles. The number of nitrogens with zero attached hydrogens (tertiary/aromatic N) is 1. The fourth-order valence-electron chi connectivity index (χ4n) is 2.05. The molecule has 1 aliphatic heterocycles. The minimum absolute atomic E-state index is 0.136. The number of methoxy groups -OCH3 is 1. The van der Waals surface area contributed by atoms with Crippen molar-refractivity contribution < 1.29 is 14.4 Å². The highest BCUT2D eigenvalue weighted by Crippen LogP contribution is 2.26. The van der Waals surface area contributed by atoms with Crippen LogP contribution in [0.15, 0.2) is 35.5 Å². The number of benzene rings is 1. The second-order valence-corrected chi connectivity index (χ2v) is 5.01. The Hall–Kier alpha value is -1.88. The fourth-order valence-corrected chi connectivity index (χ4v) is 2.05. The summed E-state index contributed by atoms with van der Waals surface area (Å²) in [4.78, 5) is 17.5. The van der Waals surface area contributed by atoms with Crippen LogP contribution in [0.1, 0.15) is 25.3 Å². The van der Waals surface area contributed by atoms with Crippen LogP contribution in [0.4, 0.5) is 0 Å². The third-order valence-corrected chi connectivity index (χ3v) is 3.26. The molecule has 0 fully saturated rings. The van der Waals surface area contributed by atoms with Crippen LogP contribution in [0, 0.1) is 0 Å². The molecular weight excluding hydrogens is 256 g/mol. The number of hydrogen-bond acceptors (Lipinski definition) is 4. The second-order valence-electron chi connectivity index (χ2n) is 5.01. The summed E-state index contributed by atoms with van der Waals surface area (Å²) in [6, 6.07) is 9.76. The standard InChI is InChI=1S/C15H20N2O3/c1-15(14(18)16-9-6-10-19-2)11-13(17-20-15)12-7-4-3-5-8-12/h3-5,7-8H,6,9-11H2,1-2H3,(H,16,18)/t15-/m0/s1. The predicted octanol–water partition coefficient (Wildman–Crippen LogP) is 1.72. The van der Waals surface area contributed by atoms with Gasteiger partial charge in [-0.3, -0.25) is 4.79 Å². The Labute approximate surface area is 118 Å². The van der Waals surface area contributed by atoms with Gasteiger partial charge in [-0.2, -0.15) is 0 Å². The van der Waals surface area contributed by atoms with Crippen molar-refractivity contribution in [3.63, 3.8) is 0 Å². The molecule has 0 aliphatic carbocycles. The van der Waals surface area contributed by atoms with Crippen LogP contribution in [0.2, 0.25) is 0 Å². The molecule has 5 nitrogen and oxygen atoms in total. The van der Waals surface area contributed by atoms with Gasteiger partial charge in [0, 0.05) is 26.7 Å². The van der Waals surface area contributed by atoms with Crippen LogP contribution in [0.3, 0.4) is 0 Å². The average Bonchev–Trinajstić information content (AvgIpc) is 2.88. The van der Waals surface area contributed by atoms with Crippen molar-refractivity contribution in [2.75, 3.05) is 20.3 Å². The van der Waals surface area contributed by atoms with E-state index in [0.717, 1.165) is 17.7 Å². The number of oxime groups is 1. The molecule has 0 aromatic heterocycles. The third kappa shape index (κ3) is 3.36. The molecule has 108 valence electrons. The van der Waals surface area contributed by atoms with Crippen molar-refractivity contribution in [2.24, 2.45) is 5.16 Å². The Morgan fingerprint density at radius 3 is 2.90 bits per heavy atom. The van der Waals surface area contributed by atoms with Gasteiger partial charge in [0.2, 0.25) is 5.60 Å². The van der Waals surface area contributed by atoms with Crippen LogP contribution in [0.5, 0.6) is 0 Å². The van der Waals surface area contributed by atoms with Gasteiger partial charge >= 0.3 is 0 Å². The highest BCUT2D eigenvalue weighted by molar-refractivity contribution is 6.05. The number of nitrogens with one attached hydrogen (secondary N) is 1. The number of rotatable bonds is 6. The van der Waals surface area contributed by atoms with Gasteiger partial charge in [0.15, 0.2) is 0 Å². The maximum Gasteiger partial charge on any atom is 0.267 e. The van der Waals surface area contributed by atoms with Crippen molar-refractivity contribution >= 4 is 11.6 Å². The Kier molecular flexibility index (Phi) is 4.74. The van der Waals surface area contributed by atoms with E-state index in [1.807, 2.05) is 30.3 Å². The molecule has 1 amide bonds. The van der Waals surface area contributed by atoms with Gasteiger partial charge in [-0.1, -0.05) is 35.5 Å². The highest BCUT2D eigenvalue weighted by Gasteiger charge is 2.41. The van der Waals surface area contributed by atoms with E-state index in [1.54, 1.807) is 14.0 Å². The molecule has 0 saturated heterocycles. The maximum absolute atomic E-state index is 12.2. The van der Waals surface area contributed by atoms with E-state index >= 15 is 0 Å². The van der Waals surface area contributed by atoms with Crippen LogP contribution in [-0.2, 0) is 14.4 Å². The van der Waals surface area contributed by atoms with Crippen LogP contribution in [0.25, 0.3) is 0 Å². The zero-order valence-corrected chi connectivity index (χ0v) is 11.9. The monoisotopic (exact) mass is 276 g/mol. The molecule has 1 aromatic carbocycles. The highest BCUT2D eigenvalue weighted by atomic mass is 16.7. The first-order valence-electron chi connectivity index (χ1n) is 6.73. The van der Waals surface area contributed by atoms with Crippen molar-refractivity contribution in [2.45, 2.75) is 25.4 Å². The number of carbonyl (C=O) groups excluding carboxylic acids is 1. The lowest BCUT2D eigenvalue weighted by Crippen LogP contribution is -2.45. The fraction of sp³-hybridized carbons (Fsp3) is 0.467. The van der Waals surface area contributed by atoms with E-state index < -0.39 is 5.60 Å². The van der Waals surface area contributed by atoms with E-state index in [9.17, 15) is 4.79 Å². The molecule has 1 atom stereocenters. The van der Waals surface area contributed by atoms with Gasteiger partial charge in [0.1, 0.15) is 0 Å². The molecule has 0 spiro atoms. The molecule has 1 aliphatic rings. The zero-order valence-electron chi connectivity index (χ0n) is 11.9. The second kappa shape index (κ2) is 6.52. The van der Waals surface area contributed by atoms with E-state index in [2.05, 4.69) is 10.5 Å². The quantitative estimate of drug-likeness (QED) is 0.805. The van der Waals surface area contributed by atoms with Gasteiger partial charge in [0.05, 0.1) is 5.71 Å². The number of ether oxygens (including phenoxy) is 1. The lowest BCUT2D eigenvalue weighted by molar-refractivity contribution is -0.141. The van der Waals surface area contributed by atoms with Gasteiger partial charge in [0.25, 0.3) is 5.91 Å². The van der Waals surface area contributed by atoms with Crippen molar-refractivity contribution in [1.29, 1.82) is 0 Å². The zero-order chi connectivity index (χ0) is 14.4. The summed E-state index contributed by atoms with van der Waals surface area (Å²) in [7, 11) is 1.64.